The molecular formula is C27H34FN3O4. The van der Waals surface area contributed by atoms with Gasteiger partial charge in [-0.3, -0.25) is 9.59 Å². The third kappa shape index (κ3) is 7.16. The van der Waals surface area contributed by atoms with E-state index in [-0.39, 0.29) is 42.6 Å². The number of ether oxygens (including phenoxy) is 1. The number of amides is 1. The molecule has 1 atom stereocenters. The summed E-state index contributed by atoms with van der Waals surface area (Å²) in [4.78, 5) is 31.1. The number of aliphatic carboxylic acids is 1. The van der Waals surface area contributed by atoms with E-state index >= 15 is 0 Å². The van der Waals surface area contributed by atoms with Crippen molar-refractivity contribution in [3.63, 3.8) is 0 Å². The molecule has 4 rings (SSSR count). The van der Waals surface area contributed by atoms with E-state index in [1.54, 1.807) is 12.1 Å². The summed E-state index contributed by atoms with van der Waals surface area (Å²) >= 11 is 0. The second kappa shape index (κ2) is 12.0. The van der Waals surface area contributed by atoms with E-state index in [9.17, 15) is 19.1 Å². The Morgan fingerprint density at radius 1 is 1.11 bits per heavy atom. The van der Waals surface area contributed by atoms with Crippen LogP contribution in [0.5, 0.6) is 5.88 Å². The molecule has 1 aliphatic carbocycles. The Kier molecular flexibility index (Phi) is 8.55. The number of pyridine rings is 1. The average Bonchev–Trinajstić information content (AvgIpc) is 2.84. The van der Waals surface area contributed by atoms with Crippen molar-refractivity contribution in [2.75, 3.05) is 24.6 Å². The van der Waals surface area contributed by atoms with Gasteiger partial charge in [0.2, 0.25) is 5.88 Å². The predicted molar refractivity (Wildman–Crippen MR) is 131 cm³/mol. The van der Waals surface area contributed by atoms with Gasteiger partial charge in [0.05, 0.1) is 6.61 Å². The van der Waals surface area contributed by atoms with Crippen LogP contribution >= 0.6 is 0 Å². The molecule has 1 unspecified atom stereocenters. The fourth-order valence-corrected chi connectivity index (χ4v) is 5.04. The number of carbonyl (C=O) groups is 2. The summed E-state index contributed by atoms with van der Waals surface area (Å²) < 4.78 is 19.5. The molecule has 0 spiro atoms. The van der Waals surface area contributed by atoms with Crippen molar-refractivity contribution >= 4 is 17.7 Å². The Morgan fingerprint density at radius 3 is 2.71 bits per heavy atom. The summed E-state index contributed by atoms with van der Waals surface area (Å²) in [7, 11) is 0. The molecule has 7 nitrogen and oxygen atoms in total. The molecule has 188 valence electrons. The Bertz CT molecular complexity index is 1030. The van der Waals surface area contributed by atoms with Crippen LogP contribution in [-0.2, 0) is 11.2 Å². The lowest BCUT2D eigenvalue weighted by molar-refractivity contribution is -0.138. The standard InChI is InChI=1S/C27H34FN3O4/c28-21-8-4-6-19(16-21)13-15-35-27-23(26(34)29-22-9-2-1-3-10-22)11-12-24(30-27)31-14-5-7-20(18-31)17-25(32)33/h4,6,8,11-12,16,20,22H,1-3,5,7,9-10,13-15,17-18H2,(H,29,34)(H,32,33). The van der Waals surface area contributed by atoms with Crippen LogP contribution in [0.4, 0.5) is 10.2 Å². The van der Waals surface area contributed by atoms with E-state index in [1.807, 2.05) is 12.1 Å². The van der Waals surface area contributed by atoms with Gasteiger partial charge in [-0.2, -0.15) is 4.98 Å². The second-order valence-electron chi connectivity index (χ2n) is 9.61. The van der Waals surface area contributed by atoms with Crippen LogP contribution in [-0.4, -0.2) is 47.7 Å². The third-order valence-electron chi connectivity index (χ3n) is 6.86. The summed E-state index contributed by atoms with van der Waals surface area (Å²) in [5.41, 5.74) is 1.19. The average molecular weight is 484 g/mol. The lowest BCUT2D eigenvalue weighted by Crippen LogP contribution is -2.38. The van der Waals surface area contributed by atoms with E-state index in [0.29, 0.717) is 24.3 Å². The number of halogens is 1. The predicted octanol–water partition coefficient (Wildman–Crippen LogP) is 4.60. The molecule has 2 aliphatic rings. The lowest BCUT2D eigenvalue weighted by atomic mass is 9.95. The summed E-state index contributed by atoms with van der Waals surface area (Å²) in [5, 5.41) is 12.3. The third-order valence-corrected chi connectivity index (χ3v) is 6.86. The molecule has 1 saturated heterocycles. The summed E-state index contributed by atoms with van der Waals surface area (Å²) in [5.74, 6) is -0.284. The van der Waals surface area contributed by atoms with Crippen molar-refractivity contribution in [3.8, 4) is 5.88 Å². The fraction of sp³-hybridized carbons (Fsp3) is 0.519. The highest BCUT2D eigenvalue weighted by Crippen LogP contribution is 2.28. The van der Waals surface area contributed by atoms with Crippen molar-refractivity contribution in [2.45, 2.75) is 63.8 Å². The molecule has 1 amide bonds. The molecule has 0 bridgehead atoms. The zero-order valence-electron chi connectivity index (χ0n) is 20.0. The Hall–Kier alpha value is -3.16. The highest BCUT2D eigenvalue weighted by molar-refractivity contribution is 5.96. The minimum atomic E-state index is -0.791. The number of carboxylic acids is 1. The smallest absolute Gasteiger partial charge is 0.303 e. The largest absolute Gasteiger partial charge is 0.481 e. The maximum atomic E-state index is 13.5. The van der Waals surface area contributed by atoms with Gasteiger partial charge in [-0.25, -0.2) is 4.39 Å². The maximum Gasteiger partial charge on any atom is 0.303 e. The number of carboxylic acid groups (broad SMARTS) is 1. The fourth-order valence-electron chi connectivity index (χ4n) is 5.04. The number of nitrogens with one attached hydrogen (secondary N) is 1. The van der Waals surface area contributed by atoms with E-state index < -0.39 is 5.97 Å². The molecule has 8 heteroatoms. The number of anilines is 1. The molecule has 1 aromatic carbocycles. The van der Waals surface area contributed by atoms with Gasteiger partial charge < -0.3 is 20.1 Å². The monoisotopic (exact) mass is 483 g/mol. The quantitative estimate of drug-likeness (QED) is 0.542. The van der Waals surface area contributed by atoms with Crippen LogP contribution in [0.2, 0.25) is 0 Å². The normalized spacial score (nSPS) is 18.8. The van der Waals surface area contributed by atoms with Gasteiger partial charge >= 0.3 is 5.97 Å². The van der Waals surface area contributed by atoms with E-state index in [2.05, 4.69) is 10.2 Å². The van der Waals surface area contributed by atoms with Gasteiger partial charge in [0.15, 0.2) is 0 Å². The zero-order chi connectivity index (χ0) is 24.6. The molecule has 2 heterocycles. The number of carbonyl (C=O) groups excluding carboxylic acids is 1. The number of piperidine rings is 1. The molecule has 35 heavy (non-hydrogen) atoms. The minimum absolute atomic E-state index is 0.0645. The topological polar surface area (TPSA) is 91.8 Å². The van der Waals surface area contributed by atoms with E-state index in [1.165, 1.54) is 18.6 Å². The molecule has 1 saturated carbocycles. The summed E-state index contributed by atoms with van der Waals surface area (Å²) in [6.07, 6.45) is 7.78. The molecule has 1 aliphatic heterocycles. The van der Waals surface area contributed by atoms with Crippen molar-refractivity contribution < 1.29 is 23.8 Å². The van der Waals surface area contributed by atoms with Gasteiger partial charge in [-0.05, 0) is 61.4 Å². The lowest BCUT2D eigenvalue weighted by Gasteiger charge is -2.33. The molecule has 0 radical (unpaired) electrons. The first-order valence-electron chi connectivity index (χ1n) is 12.6. The molecular weight excluding hydrogens is 449 g/mol. The van der Waals surface area contributed by atoms with Crippen molar-refractivity contribution in [1.29, 1.82) is 0 Å². The maximum absolute atomic E-state index is 13.5. The van der Waals surface area contributed by atoms with Crippen molar-refractivity contribution in [2.24, 2.45) is 5.92 Å². The van der Waals surface area contributed by atoms with E-state index in [4.69, 9.17) is 9.72 Å². The Labute approximate surface area is 205 Å². The second-order valence-corrected chi connectivity index (χ2v) is 9.61. The minimum Gasteiger partial charge on any atom is -0.481 e. The van der Waals surface area contributed by atoms with Crippen molar-refractivity contribution in [1.82, 2.24) is 10.3 Å². The van der Waals surface area contributed by atoms with Crippen LogP contribution in [0.3, 0.4) is 0 Å². The van der Waals surface area contributed by atoms with Crippen LogP contribution in [0.1, 0.15) is 67.3 Å². The van der Waals surface area contributed by atoms with Gasteiger partial charge in [-0.15, -0.1) is 0 Å². The molecule has 2 aromatic rings. The Morgan fingerprint density at radius 2 is 1.94 bits per heavy atom. The van der Waals surface area contributed by atoms with E-state index in [0.717, 1.165) is 50.6 Å². The van der Waals surface area contributed by atoms with Gasteiger partial charge in [0, 0.05) is 32.0 Å². The van der Waals surface area contributed by atoms with Crippen LogP contribution in [0.15, 0.2) is 36.4 Å². The highest BCUT2D eigenvalue weighted by atomic mass is 19.1. The van der Waals surface area contributed by atoms with Gasteiger partial charge in [0.1, 0.15) is 17.2 Å². The number of benzene rings is 1. The number of nitrogens with zero attached hydrogens (tertiary/aromatic N) is 2. The van der Waals surface area contributed by atoms with Gasteiger partial charge in [0.25, 0.3) is 5.91 Å². The summed E-state index contributed by atoms with van der Waals surface area (Å²) in [6, 6.07) is 10.1. The number of aromatic nitrogens is 1. The molecule has 2 fully saturated rings. The van der Waals surface area contributed by atoms with Crippen LogP contribution in [0.25, 0.3) is 0 Å². The Balaban J connectivity index is 1.50. The molecule has 2 N–H and O–H groups in total. The SMILES string of the molecule is O=C(O)CC1CCCN(c2ccc(C(=O)NC3CCCCC3)c(OCCc3cccc(F)c3)n2)C1. The first-order valence-corrected chi connectivity index (χ1v) is 12.6. The first-order chi connectivity index (χ1) is 17.0. The number of hydrogen-bond donors (Lipinski definition) is 2. The van der Waals surface area contributed by atoms with Crippen molar-refractivity contribution in [3.05, 3.63) is 53.3 Å². The molecule has 1 aromatic heterocycles. The zero-order valence-corrected chi connectivity index (χ0v) is 20.0. The van der Waals surface area contributed by atoms with Gasteiger partial charge in [-0.1, -0.05) is 31.4 Å². The number of rotatable bonds is 9. The number of hydrogen-bond acceptors (Lipinski definition) is 5. The highest BCUT2D eigenvalue weighted by Gasteiger charge is 2.25. The first kappa shape index (κ1) is 24.9. The van der Waals surface area contributed by atoms with Crippen LogP contribution in [0, 0.1) is 11.7 Å². The van der Waals surface area contributed by atoms with Crippen LogP contribution < -0.4 is 15.0 Å². The summed E-state index contributed by atoms with van der Waals surface area (Å²) in [6.45, 7) is 1.64.